The zero-order valence-electron chi connectivity index (χ0n) is 17.0. The molecule has 0 aliphatic heterocycles. The summed E-state index contributed by atoms with van der Waals surface area (Å²) in [4.78, 5) is 15.2. The van der Waals surface area contributed by atoms with Crippen molar-refractivity contribution >= 4 is 5.91 Å². The molecule has 0 spiro atoms. The zero-order valence-corrected chi connectivity index (χ0v) is 17.0. The van der Waals surface area contributed by atoms with Crippen molar-refractivity contribution in [3.63, 3.8) is 0 Å². The van der Waals surface area contributed by atoms with Gasteiger partial charge >= 0.3 is 0 Å². The Morgan fingerprint density at radius 3 is 2.41 bits per heavy atom. The van der Waals surface area contributed by atoms with E-state index in [0.717, 1.165) is 25.3 Å². The Morgan fingerprint density at radius 2 is 1.86 bits per heavy atom. The first-order valence-electron chi connectivity index (χ1n) is 10.8. The van der Waals surface area contributed by atoms with Crippen LogP contribution in [0.15, 0.2) is 18.2 Å². The van der Waals surface area contributed by atoms with E-state index in [4.69, 9.17) is 5.26 Å². The lowest BCUT2D eigenvalue weighted by molar-refractivity contribution is -0.149. The van der Waals surface area contributed by atoms with E-state index >= 15 is 0 Å². The van der Waals surface area contributed by atoms with Crippen LogP contribution in [0.5, 0.6) is 0 Å². The smallest absolute Gasteiger partial charge is 0.237 e. The van der Waals surface area contributed by atoms with E-state index in [1.54, 1.807) is 6.92 Å². The number of hydrogen-bond donors (Lipinski definition) is 1. The lowest BCUT2D eigenvalue weighted by Crippen LogP contribution is -2.62. The van der Waals surface area contributed by atoms with E-state index in [1.165, 1.54) is 31.4 Å². The summed E-state index contributed by atoms with van der Waals surface area (Å²) in [5.41, 5.74) is 0.243. The van der Waals surface area contributed by atoms with E-state index in [9.17, 15) is 13.6 Å². The fourth-order valence-corrected chi connectivity index (χ4v) is 6.48. The van der Waals surface area contributed by atoms with Gasteiger partial charge in [0.25, 0.3) is 0 Å². The molecule has 4 aliphatic carbocycles. The molecule has 1 N–H and O–H groups in total. The van der Waals surface area contributed by atoms with Crippen molar-refractivity contribution in [1.29, 1.82) is 5.26 Å². The van der Waals surface area contributed by atoms with Crippen LogP contribution in [0, 0.1) is 40.7 Å². The molecule has 0 heterocycles. The second-order valence-corrected chi connectivity index (χ2v) is 9.36. The molecule has 1 atom stereocenters. The molecule has 0 aromatic heterocycles. The Bertz CT molecular complexity index is 784. The topological polar surface area (TPSA) is 56.1 Å². The van der Waals surface area contributed by atoms with Gasteiger partial charge in [-0.15, -0.1) is 0 Å². The van der Waals surface area contributed by atoms with Crippen LogP contribution >= 0.6 is 0 Å². The summed E-state index contributed by atoms with van der Waals surface area (Å²) in [6.07, 6.45) is 7.36. The molecule has 156 valence electrons. The summed E-state index contributed by atoms with van der Waals surface area (Å²) >= 11 is 0. The number of rotatable bonds is 7. The highest BCUT2D eigenvalue weighted by molar-refractivity contribution is 5.79. The average Bonchev–Trinajstić information content (AvgIpc) is 2.65. The first kappa shape index (κ1) is 20.3. The van der Waals surface area contributed by atoms with Crippen LogP contribution in [0.3, 0.4) is 0 Å². The number of nitrogens with one attached hydrogen (secondary N) is 1. The van der Waals surface area contributed by atoms with Crippen molar-refractivity contribution in [1.82, 2.24) is 10.2 Å². The number of amides is 1. The van der Waals surface area contributed by atoms with Gasteiger partial charge in [-0.3, -0.25) is 4.79 Å². The Kier molecular flexibility index (Phi) is 5.61. The van der Waals surface area contributed by atoms with Crippen molar-refractivity contribution < 1.29 is 13.6 Å². The highest BCUT2D eigenvalue weighted by atomic mass is 19.1. The second-order valence-electron chi connectivity index (χ2n) is 9.36. The third kappa shape index (κ3) is 4.02. The van der Waals surface area contributed by atoms with Crippen LogP contribution in [0.4, 0.5) is 8.78 Å². The van der Waals surface area contributed by atoms with Gasteiger partial charge in [0, 0.05) is 29.8 Å². The van der Waals surface area contributed by atoms with Crippen LogP contribution in [0.2, 0.25) is 0 Å². The van der Waals surface area contributed by atoms with E-state index in [0.29, 0.717) is 36.3 Å². The molecule has 1 aromatic carbocycles. The quantitative estimate of drug-likeness (QED) is 0.740. The minimum absolute atomic E-state index is 0.0171. The lowest BCUT2D eigenvalue weighted by atomic mass is 9.52. The molecule has 0 radical (unpaired) electrons. The molecule has 6 heteroatoms. The van der Waals surface area contributed by atoms with Gasteiger partial charge in [0.1, 0.15) is 11.6 Å². The maximum absolute atomic E-state index is 14.0. The monoisotopic (exact) mass is 401 g/mol. The van der Waals surface area contributed by atoms with E-state index < -0.39 is 17.7 Å². The van der Waals surface area contributed by atoms with E-state index in [-0.39, 0.29) is 18.0 Å². The summed E-state index contributed by atoms with van der Waals surface area (Å²) in [6, 6.07) is 5.29. The van der Waals surface area contributed by atoms with Crippen molar-refractivity contribution in [2.75, 3.05) is 13.1 Å². The second kappa shape index (κ2) is 8.02. The van der Waals surface area contributed by atoms with Gasteiger partial charge < -0.3 is 10.2 Å². The molecule has 4 fully saturated rings. The number of hydrogen-bond acceptors (Lipinski definition) is 3. The molecule has 0 unspecified atom stereocenters. The summed E-state index contributed by atoms with van der Waals surface area (Å²) in [7, 11) is 0. The molecule has 0 saturated heterocycles. The van der Waals surface area contributed by atoms with Crippen LogP contribution in [0.1, 0.15) is 63.5 Å². The van der Waals surface area contributed by atoms with Crippen molar-refractivity contribution in [2.24, 2.45) is 17.8 Å². The van der Waals surface area contributed by atoms with Gasteiger partial charge in [-0.1, -0.05) is 6.07 Å². The Labute approximate surface area is 171 Å². The Hall–Kier alpha value is -2.00. The van der Waals surface area contributed by atoms with Crippen molar-refractivity contribution in [3.05, 3.63) is 35.4 Å². The maximum atomic E-state index is 14.0. The molecule has 1 aromatic rings. The average molecular weight is 402 g/mol. The fraction of sp³-hybridized carbons (Fsp3) is 0.652. The van der Waals surface area contributed by atoms with E-state index in [1.807, 2.05) is 4.90 Å². The third-order valence-corrected chi connectivity index (χ3v) is 7.32. The van der Waals surface area contributed by atoms with Crippen LogP contribution in [0.25, 0.3) is 0 Å². The van der Waals surface area contributed by atoms with Gasteiger partial charge in [0.05, 0.1) is 19.0 Å². The third-order valence-electron chi connectivity index (χ3n) is 7.32. The van der Waals surface area contributed by atoms with Crippen LogP contribution < -0.4 is 5.32 Å². The largest absolute Gasteiger partial charge is 0.335 e. The van der Waals surface area contributed by atoms with Gasteiger partial charge in [-0.2, -0.15) is 5.26 Å². The summed E-state index contributed by atoms with van der Waals surface area (Å²) in [5, 5.41) is 12.2. The zero-order chi connectivity index (χ0) is 20.6. The molecule has 4 aliphatic rings. The molecule has 5 rings (SSSR count). The SMILES string of the molecule is C[C@H](NCC(=O)N(CCC#N)C12CC3CC(CC(C3)C1)C2)c1ccc(F)cc1F. The minimum atomic E-state index is -0.612. The van der Waals surface area contributed by atoms with Crippen molar-refractivity contribution in [3.8, 4) is 6.07 Å². The Morgan fingerprint density at radius 1 is 1.24 bits per heavy atom. The Balaban J connectivity index is 1.46. The molecule has 4 nitrogen and oxygen atoms in total. The minimum Gasteiger partial charge on any atom is -0.335 e. The molecule has 1 amide bonds. The maximum Gasteiger partial charge on any atom is 0.237 e. The van der Waals surface area contributed by atoms with Crippen LogP contribution in [-0.2, 0) is 4.79 Å². The summed E-state index contributed by atoms with van der Waals surface area (Å²) < 4.78 is 27.2. The highest BCUT2D eigenvalue weighted by Crippen LogP contribution is 2.57. The predicted octanol–water partition coefficient (Wildman–Crippen LogP) is 4.33. The van der Waals surface area contributed by atoms with Gasteiger partial charge in [-0.25, -0.2) is 8.78 Å². The number of carbonyl (C=O) groups is 1. The fourth-order valence-electron chi connectivity index (χ4n) is 6.48. The van der Waals surface area contributed by atoms with Crippen LogP contribution in [-0.4, -0.2) is 29.4 Å². The standard InChI is InChI=1S/C23H29F2N3O/c1-15(20-4-3-19(24)10-21(20)25)27-14-22(29)28(6-2-5-26)23-11-16-7-17(12-23)9-18(8-16)13-23/h3-4,10,15-18,27H,2,6-9,11-14H2,1H3/t15-,16?,17?,18?,23?/m0/s1. The van der Waals surface area contributed by atoms with E-state index in [2.05, 4.69) is 11.4 Å². The number of carbonyl (C=O) groups excluding carboxylic acids is 1. The lowest BCUT2D eigenvalue weighted by Gasteiger charge is -2.60. The first-order chi connectivity index (χ1) is 13.9. The highest BCUT2D eigenvalue weighted by Gasteiger charge is 2.54. The number of nitriles is 1. The first-order valence-corrected chi connectivity index (χ1v) is 10.8. The number of halogens is 2. The molecule has 29 heavy (non-hydrogen) atoms. The molecular formula is C23H29F2N3O. The van der Waals surface area contributed by atoms with Gasteiger partial charge in [0.15, 0.2) is 0 Å². The molecule has 4 saturated carbocycles. The number of benzene rings is 1. The summed E-state index contributed by atoms with van der Waals surface area (Å²) in [5.74, 6) is 0.881. The van der Waals surface area contributed by atoms with Gasteiger partial charge in [-0.05, 0) is 69.3 Å². The predicted molar refractivity (Wildman–Crippen MR) is 106 cm³/mol. The summed E-state index contributed by atoms with van der Waals surface area (Å²) in [6.45, 7) is 2.32. The molecule has 4 bridgehead atoms. The van der Waals surface area contributed by atoms with Gasteiger partial charge in [0.2, 0.25) is 5.91 Å². The normalized spacial score (nSPS) is 30.8. The number of nitrogens with zero attached hydrogens (tertiary/aromatic N) is 2. The molecular weight excluding hydrogens is 372 g/mol. The van der Waals surface area contributed by atoms with Crippen molar-refractivity contribution in [2.45, 2.75) is 63.5 Å².